The normalized spacial score (nSPS) is 9.31. The first kappa shape index (κ1) is 12.8. The Morgan fingerprint density at radius 3 is 2.38 bits per heavy atom. The SMILES string of the molecule is CCCCC[CH]c1ccccc1.[LiH]. The zero-order valence-corrected chi connectivity index (χ0v) is 7.79. The van der Waals surface area contributed by atoms with Crippen LogP contribution in [-0.2, 0) is 0 Å². The van der Waals surface area contributed by atoms with Gasteiger partial charge in [-0.25, -0.2) is 0 Å². The first-order valence-corrected chi connectivity index (χ1v) is 4.81. The van der Waals surface area contributed by atoms with Crippen LogP contribution in [0.1, 0.15) is 38.2 Å². The number of rotatable bonds is 5. The summed E-state index contributed by atoms with van der Waals surface area (Å²) >= 11 is 0. The predicted molar refractivity (Wildman–Crippen MR) is 61.1 cm³/mol. The van der Waals surface area contributed by atoms with Crippen LogP contribution in [-0.4, -0.2) is 18.9 Å². The van der Waals surface area contributed by atoms with Gasteiger partial charge in [-0.3, -0.25) is 0 Å². The molecule has 0 aliphatic carbocycles. The molecule has 0 saturated carbocycles. The Hall–Kier alpha value is -0.183. The third-order valence-electron chi connectivity index (χ3n) is 1.99. The fourth-order valence-corrected chi connectivity index (χ4v) is 1.25. The van der Waals surface area contributed by atoms with Crippen molar-refractivity contribution in [3.63, 3.8) is 0 Å². The summed E-state index contributed by atoms with van der Waals surface area (Å²) in [6, 6.07) is 10.6. The van der Waals surface area contributed by atoms with Crippen LogP contribution in [0.15, 0.2) is 30.3 Å². The van der Waals surface area contributed by atoms with Gasteiger partial charge in [0.15, 0.2) is 0 Å². The predicted octanol–water partition coefficient (Wildman–Crippen LogP) is 3.17. The van der Waals surface area contributed by atoms with Crippen molar-refractivity contribution in [2.75, 3.05) is 0 Å². The van der Waals surface area contributed by atoms with E-state index >= 15 is 0 Å². The Balaban J connectivity index is 0.00000144. The third-order valence-corrected chi connectivity index (χ3v) is 1.99. The van der Waals surface area contributed by atoms with Gasteiger partial charge in [-0.05, 0) is 18.4 Å². The summed E-state index contributed by atoms with van der Waals surface area (Å²) in [5.41, 5.74) is 1.36. The van der Waals surface area contributed by atoms with Gasteiger partial charge < -0.3 is 0 Å². The molecule has 0 aliphatic heterocycles. The number of hydrogen-bond acceptors (Lipinski definition) is 0. The van der Waals surface area contributed by atoms with Gasteiger partial charge in [0.2, 0.25) is 0 Å². The minimum absolute atomic E-state index is 0. The first-order valence-electron chi connectivity index (χ1n) is 4.81. The summed E-state index contributed by atoms with van der Waals surface area (Å²) < 4.78 is 0. The van der Waals surface area contributed by atoms with Crippen molar-refractivity contribution in [1.29, 1.82) is 0 Å². The molecular weight excluding hydrogens is 151 g/mol. The molecule has 1 aromatic rings. The van der Waals surface area contributed by atoms with E-state index in [1.165, 1.54) is 31.2 Å². The summed E-state index contributed by atoms with van der Waals surface area (Å²) in [5.74, 6) is 0. The zero-order chi connectivity index (χ0) is 8.65. The van der Waals surface area contributed by atoms with E-state index in [9.17, 15) is 0 Å². The molecule has 0 N–H and O–H groups in total. The van der Waals surface area contributed by atoms with Gasteiger partial charge in [0.25, 0.3) is 0 Å². The second-order valence-corrected chi connectivity index (χ2v) is 3.11. The molecule has 0 aromatic heterocycles. The molecule has 13 heavy (non-hydrogen) atoms. The standard InChI is InChI=1S/C12H17.Li.H/c1-2-3-4-6-9-12-10-7-5-8-11-12;;/h5,7-11H,2-4,6H2,1H3;;. The Kier molecular flexibility index (Phi) is 8.30. The van der Waals surface area contributed by atoms with Crippen molar-refractivity contribution in [2.45, 2.75) is 32.6 Å². The topological polar surface area (TPSA) is 0 Å². The Bertz CT molecular complexity index is 194. The van der Waals surface area contributed by atoms with Crippen molar-refractivity contribution in [1.82, 2.24) is 0 Å². The fraction of sp³-hybridized carbons (Fsp3) is 0.417. The van der Waals surface area contributed by atoms with E-state index < -0.39 is 0 Å². The van der Waals surface area contributed by atoms with Crippen molar-refractivity contribution in [3.8, 4) is 0 Å². The summed E-state index contributed by atoms with van der Waals surface area (Å²) in [5, 5.41) is 0. The summed E-state index contributed by atoms with van der Waals surface area (Å²) in [6.07, 6.45) is 7.52. The maximum atomic E-state index is 2.32. The molecular formula is C12H18Li. The van der Waals surface area contributed by atoms with Crippen molar-refractivity contribution >= 4 is 18.9 Å². The Morgan fingerprint density at radius 2 is 1.77 bits per heavy atom. The van der Waals surface area contributed by atoms with Crippen molar-refractivity contribution in [3.05, 3.63) is 42.3 Å². The van der Waals surface area contributed by atoms with Crippen LogP contribution < -0.4 is 0 Å². The second-order valence-electron chi connectivity index (χ2n) is 3.11. The minimum atomic E-state index is 0. The van der Waals surface area contributed by atoms with Crippen LogP contribution in [0, 0.1) is 6.42 Å². The van der Waals surface area contributed by atoms with Gasteiger partial charge in [-0.2, -0.15) is 0 Å². The maximum absolute atomic E-state index is 2.32. The summed E-state index contributed by atoms with van der Waals surface area (Å²) in [7, 11) is 0. The van der Waals surface area contributed by atoms with Gasteiger partial charge >= 0.3 is 18.9 Å². The second kappa shape index (κ2) is 8.42. The van der Waals surface area contributed by atoms with E-state index in [0.29, 0.717) is 0 Å². The van der Waals surface area contributed by atoms with E-state index in [1.54, 1.807) is 0 Å². The fourth-order valence-electron chi connectivity index (χ4n) is 1.25. The zero-order valence-electron chi connectivity index (χ0n) is 7.79. The van der Waals surface area contributed by atoms with Gasteiger partial charge in [-0.15, -0.1) is 0 Å². The Labute approximate surface area is 93.9 Å². The van der Waals surface area contributed by atoms with E-state index in [2.05, 4.69) is 43.7 Å². The number of unbranched alkanes of at least 4 members (excludes halogenated alkanes) is 3. The van der Waals surface area contributed by atoms with Crippen LogP contribution in [0.3, 0.4) is 0 Å². The first-order chi connectivity index (χ1) is 5.93. The summed E-state index contributed by atoms with van der Waals surface area (Å²) in [4.78, 5) is 0. The van der Waals surface area contributed by atoms with Gasteiger partial charge in [0, 0.05) is 0 Å². The average Bonchev–Trinajstić information content (AvgIpc) is 2.14. The van der Waals surface area contributed by atoms with Gasteiger partial charge in [0.1, 0.15) is 0 Å². The van der Waals surface area contributed by atoms with Crippen molar-refractivity contribution in [2.24, 2.45) is 0 Å². The van der Waals surface area contributed by atoms with E-state index in [1.807, 2.05) is 0 Å². The molecule has 1 aromatic carbocycles. The van der Waals surface area contributed by atoms with Gasteiger partial charge in [-0.1, -0.05) is 56.5 Å². The van der Waals surface area contributed by atoms with E-state index in [-0.39, 0.29) is 18.9 Å². The molecule has 1 heteroatoms. The molecule has 0 atom stereocenters. The number of benzene rings is 1. The monoisotopic (exact) mass is 169 g/mol. The Morgan fingerprint density at radius 1 is 1.08 bits per heavy atom. The molecule has 0 unspecified atom stereocenters. The van der Waals surface area contributed by atoms with Crippen LogP contribution >= 0.6 is 0 Å². The molecule has 0 spiro atoms. The average molecular weight is 169 g/mol. The van der Waals surface area contributed by atoms with Gasteiger partial charge in [0.05, 0.1) is 0 Å². The van der Waals surface area contributed by atoms with Crippen LogP contribution in [0.2, 0.25) is 0 Å². The molecule has 0 fully saturated rings. The van der Waals surface area contributed by atoms with E-state index in [0.717, 1.165) is 0 Å². The molecule has 67 valence electrons. The number of hydrogen-bond donors (Lipinski definition) is 0. The molecule has 0 saturated heterocycles. The van der Waals surface area contributed by atoms with Crippen molar-refractivity contribution < 1.29 is 0 Å². The van der Waals surface area contributed by atoms with E-state index in [4.69, 9.17) is 0 Å². The molecule has 0 bridgehead atoms. The molecule has 0 nitrogen and oxygen atoms in total. The van der Waals surface area contributed by atoms with Crippen LogP contribution in [0.4, 0.5) is 0 Å². The third kappa shape index (κ3) is 5.97. The molecule has 0 heterocycles. The quantitative estimate of drug-likeness (QED) is 0.469. The summed E-state index contributed by atoms with van der Waals surface area (Å²) in [6.45, 7) is 2.24. The molecule has 0 amide bonds. The molecule has 1 radical (unpaired) electrons. The molecule has 0 aliphatic rings. The van der Waals surface area contributed by atoms with Crippen LogP contribution in [0.25, 0.3) is 0 Å². The van der Waals surface area contributed by atoms with Crippen LogP contribution in [0.5, 0.6) is 0 Å². The molecule has 1 rings (SSSR count).